The first-order valence-corrected chi connectivity index (χ1v) is 11.8. The molecular weight excluding hydrogens is 380 g/mol. The third-order valence-electron chi connectivity index (χ3n) is 4.46. The Morgan fingerprint density at radius 1 is 1.00 bits per heavy atom. The molecule has 0 spiro atoms. The average Bonchev–Trinajstić information content (AvgIpc) is 2.51. The minimum absolute atomic E-state index is 0.193. The Balaban J connectivity index is 2.97. The molecule has 1 aromatic heterocycles. The van der Waals surface area contributed by atoms with E-state index in [2.05, 4.69) is 25.8 Å². The zero-order chi connectivity index (χ0) is 16.4. The minimum atomic E-state index is -0.824. The molecule has 0 bridgehead atoms. The molecule has 1 nitrogen and oxygen atoms in total. The van der Waals surface area contributed by atoms with Gasteiger partial charge in [0.15, 0.2) is 0 Å². The number of unbranched alkanes of at least 4 members (excludes halogenated alkanes) is 3. The molecule has 0 fully saturated rings. The average molecular weight is 412 g/mol. The first-order chi connectivity index (χ1) is 10.6. The van der Waals surface area contributed by atoms with Gasteiger partial charge in [-0.25, -0.2) is 0 Å². The van der Waals surface area contributed by atoms with E-state index in [1.165, 1.54) is 67.7 Å². The zero-order valence-electron chi connectivity index (χ0n) is 14.8. The summed E-state index contributed by atoms with van der Waals surface area (Å²) in [5.41, 5.74) is 1.08. The summed E-state index contributed by atoms with van der Waals surface area (Å²) in [5.74, 6) is -0.193. The Labute approximate surface area is 146 Å². The number of aromatic nitrogens is 1. The Morgan fingerprint density at radius 2 is 1.50 bits per heavy atom. The second-order valence-corrected chi connectivity index (χ2v) is 11.6. The molecule has 3 heteroatoms. The monoisotopic (exact) mass is 413 g/mol. The number of aryl methyl sites for hydroxylation is 1. The van der Waals surface area contributed by atoms with E-state index in [1.54, 1.807) is 6.07 Å². The summed E-state index contributed by atoms with van der Waals surface area (Å²) >= 11 is -0.824. The number of pyridine rings is 1. The van der Waals surface area contributed by atoms with Crippen LogP contribution in [0, 0.1) is 12.7 Å². The third-order valence-corrected chi connectivity index (χ3v) is 10.3. The van der Waals surface area contributed by atoms with E-state index in [4.69, 9.17) is 0 Å². The standard InChI is InChI=1S/C13H27.C6H5FN.Sn/c1-4-7-10-13(11-8-5-2)12-9-6-3;1-5-2-6(7)4-8-3-5;/h4-12H2,1-3H3;2,4H,1H3;. The van der Waals surface area contributed by atoms with Crippen LogP contribution in [0.1, 0.15) is 84.1 Å². The fourth-order valence-corrected chi connectivity index (χ4v) is 8.19. The predicted octanol–water partition coefficient (Wildman–Crippen LogP) is 5.59. The number of hydrogen-bond donors (Lipinski definition) is 0. The van der Waals surface area contributed by atoms with Gasteiger partial charge in [-0.2, -0.15) is 0 Å². The van der Waals surface area contributed by atoms with E-state index >= 15 is 0 Å². The van der Waals surface area contributed by atoms with E-state index < -0.39 is 21.1 Å². The maximum atomic E-state index is 13.3. The predicted molar refractivity (Wildman–Crippen MR) is 95.6 cm³/mol. The van der Waals surface area contributed by atoms with Crippen LogP contribution in [0.4, 0.5) is 4.39 Å². The van der Waals surface area contributed by atoms with Crippen LogP contribution in [0.3, 0.4) is 0 Å². The topological polar surface area (TPSA) is 12.9 Å². The Bertz CT molecular complexity index is 412. The zero-order valence-corrected chi connectivity index (χ0v) is 17.7. The van der Waals surface area contributed by atoms with Crippen LogP contribution >= 0.6 is 0 Å². The van der Waals surface area contributed by atoms with Crippen molar-refractivity contribution in [3.8, 4) is 0 Å². The SMILES string of the molecule is CCCC[C](CCCC)(CCCC)[Sn][c]1ncc(F)cc1C. The van der Waals surface area contributed by atoms with E-state index in [1.807, 2.05) is 6.92 Å². The summed E-state index contributed by atoms with van der Waals surface area (Å²) in [5, 5.41) is 0. The first-order valence-electron chi connectivity index (χ1n) is 8.97. The van der Waals surface area contributed by atoms with Gasteiger partial charge in [-0.3, -0.25) is 0 Å². The molecule has 2 radical (unpaired) electrons. The van der Waals surface area contributed by atoms with Crippen molar-refractivity contribution in [1.29, 1.82) is 0 Å². The van der Waals surface area contributed by atoms with Gasteiger partial charge in [-0.15, -0.1) is 0 Å². The van der Waals surface area contributed by atoms with Crippen LogP contribution in [-0.2, 0) is 0 Å². The molecule has 0 saturated carbocycles. The summed E-state index contributed by atoms with van der Waals surface area (Å²) in [4.78, 5) is 4.49. The summed E-state index contributed by atoms with van der Waals surface area (Å²) in [6, 6.07) is 1.67. The molecule has 1 aromatic rings. The molecule has 0 saturated heterocycles. The van der Waals surface area contributed by atoms with Crippen molar-refractivity contribution >= 4 is 24.9 Å². The van der Waals surface area contributed by atoms with Gasteiger partial charge in [0.25, 0.3) is 0 Å². The molecule has 1 rings (SSSR count). The number of rotatable bonds is 11. The molecule has 22 heavy (non-hydrogen) atoms. The molecule has 0 aliphatic rings. The van der Waals surface area contributed by atoms with Gasteiger partial charge in [0.1, 0.15) is 0 Å². The molecule has 0 atom stereocenters. The van der Waals surface area contributed by atoms with Crippen molar-refractivity contribution in [1.82, 2.24) is 4.98 Å². The Morgan fingerprint density at radius 3 is 1.91 bits per heavy atom. The van der Waals surface area contributed by atoms with E-state index in [0.717, 1.165) is 5.56 Å². The molecule has 0 amide bonds. The van der Waals surface area contributed by atoms with Gasteiger partial charge in [-0.05, 0) is 0 Å². The van der Waals surface area contributed by atoms with Gasteiger partial charge in [0.05, 0.1) is 0 Å². The maximum absolute atomic E-state index is 13.3. The molecule has 1 heterocycles. The van der Waals surface area contributed by atoms with E-state index in [0.29, 0.717) is 3.43 Å². The van der Waals surface area contributed by atoms with Crippen LogP contribution in [0.15, 0.2) is 12.3 Å². The van der Waals surface area contributed by atoms with Gasteiger partial charge >= 0.3 is 147 Å². The molecule has 124 valence electrons. The molecule has 0 aliphatic carbocycles. The number of nitrogens with zero attached hydrogens (tertiary/aromatic N) is 1. The summed E-state index contributed by atoms with van der Waals surface area (Å²) < 4.78 is 15.1. The van der Waals surface area contributed by atoms with Crippen molar-refractivity contribution in [2.24, 2.45) is 0 Å². The quantitative estimate of drug-likeness (QED) is 0.432. The Hall–Kier alpha value is -0.121. The molecule has 0 aliphatic heterocycles. The van der Waals surface area contributed by atoms with Crippen molar-refractivity contribution in [3.63, 3.8) is 0 Å². The second-order valence-electron chi connectivity index (χ2n) is 6.54. The number of halogens is 1. The van der Waals surface area contributed by atoms with Gasteiger partial charge in [0, 0.05) is 0 Å². The fraction of sp³-hybridized carbons (Fsp3) is 0.737. The van der Waals surface area contributed by atoms with Crippen molar-refractivity contribution in [2.75, 3.05) is 0 Å². The second kappa shape index (κ2) is 10.6. The fourth-order valence-electron chi connectivity index (χ4n) is 3.03. The molecule has 0 N–H and O–H groups in total. The van der Waals surface area contributed by atoms with Crippen molar-refractivity contribution in [2.45, 2.75) is 88.9 Å². The third kappa shape index (κ3) is 6.55. The molecular formula is C19H32FNSn. The van der Waals surface area contributed by atoms with Crippen LogP contribution < -0.4 is 3.71 Å². The van der Waals surface area contributed by atoms with Crippen LogP contribution in [-0.4, -0.2) is 26.1 Å². The van der Waals surface area contributed by atoms with Crippen molar-refractivity contribution < 1.29 is 4.39 Å². The van der Waals surface area contributed by atoms with Gasteiger partial charge in [0.2, 0.25) is 0 Å². The first kappa shape index (κ1) is 19.9. The normalized spacial score (nSPS) is 11.9. The summed E-state index contributed by atoms with van der Waals surface area (Å²) in [6.45, 7) is 8.90. The molecule has 0 aromatic carbocycles. The van der Waals surface area contributed by atoms with Crippen LogP contribution in [0.5, 0.6) is 0 Å². The van der Waals surface area contributed by atoms with Crippen LogP contribution in [0.2, 0.25) is 3.43 Å². The Kier molecular flexibility index (Phi) is 9.61. The van der Waals surface area contributed by atoms with Gasteiger partial charge < -0.3 is 0 Å². The summed E-state index contributed by atoms with van der Waals surface area (Å²) in [7, 11) is 0. The van der Waals surface area contributed by atoms with E-state index in [-0.39, 0.29) is 5.82 Å². The molecule has 0 unspecified atom stereocenters. The van der Waals surface area contributed by atoms with Gasteiger partial charge in [-0.1, -0.05) is 0 Å². The van der Waals surface area contributed by atoms with Crippen molar-refractivity contribution in [3.05, 3.63) is 23.6 Å². The van der Waals surface area contributed by atoms with Crippen LogP contribution in [0.25, 0.3) is 0 Å². The summed E-state index contributed by atoms with van der Waals surface area (Å²) in [6.07, 6.45) is 13.3. The van der Waals surface area contributed by atoms with E-state index in [9.17, 15) is 4.39 Å². The number of hydrogen-bond acceptors (Lipinski definition) is 1.